The second-order valence-corrected chi connectivity index (χ2v) is 4.30. The average molecular weight is 236 g/mol. The zero-order chi connectivity index (χ0) is 11.7. The summed E-state index contributed by atoms with van der Waals surface area (Å²) in [5, 5.41) is 0.755. The predicted octanol–water partition coefficient (Wildman–Crippen LogP) is 2.55. The lowest BCUT2D eigenvalue weighted by Crippen LogP contribution is -2.02. The van der Waals surface area contributed by atoms with E-state index in [-0.39, 0.29) is 0 Å². The molecule has 1 aromatic carbocycles. The summed E-state index contributed by atoms with van der Waals surface area (Å²) in [5.74, 6) is 0.550. The van der Waals surface area contributed by atoms with Gasteiger partial charge >= 0.3 is 0 Å². The normalized spacial score (nSPS) is 10.7. The highest BCUT2D eigenvalue weighted by Crippen LogP contribution is 2.18. The molecule has 16 heavy (non-hydrogen) atoms. The lowest BCUT2D eigenvalue weighted by molar-refractivity contribution is 0.853. The molecule has 4 heteroatoms. The van der Waals surface area contributed by atoms with E-state index in [1.165, 1.54) is 5.56 Å². The highest BCUT2D eigenvalue weighted by Gasteiger charge is 2.09. The number of hydrogen-bond acceptors (Lipinski definition) is 2. The van der Waals surface area contributed by atoms with Crippen LogP contribution in [0.15, 0.2) is 24.3 Å². The predicted molar refractivity (Wildman–Crippen MR) is 66.6 cm³/mol. The van der Waals surface area contributed by atoms with Gasteiger partial charge in [0.1, 0.15) is 0 Å². The maximum absolute atomic E-state index is 5.95. The van der Waals surface area contributed by atoms with Crippen LogP contribution >= 0.6 is 11.6 Å². The van der Waals surface area contributed by atoms with Gasteiger partial charge in [-0.15, -0.1) is 0 Å². The molecule has 0 bridgehead atoms. The molecule has 2 rings (SSSR count). The molecule has 0 unspecified atom stereocenters. The molecule has 2 aromatic rings. The van der Waals surface area contributed by atoms with Gasteiger partial charge in [0.25, 0.3) is 0 Å². The van der Waals surface area contributed by atoms with Gasteiger partial charge in [-0.25, -0.2) is 4.98 Å². The van der Waals surface area contributed by atoms with Crippen LogP contribution in [0.5, 0.6) is 0 Å². The molecule has 1 heterocycles. The van der Waals surface area contributed by atoms with E-state index in [2.05, 4.69) is 11.1 Å². The summed E-state index contributed by atoms with van der Waals surface area (Å²) in [4.78, 5) is 4.24. The van der Waals surface area contributed by atoms with E-state index in [0.29, 0.717) is 5.95 Å². The van der Waals surface area contributed by atoms with E-state index < -0.39 is 0 Å². The molecule has 0 radical (unpaired) electrons. The minimum atomic E-state index is 0.550. The number of rotatable bonds is 2. The summed E-state index contributed by atoms with van der Waals surface area (Å²) >= 11 is 5.95. The fraction of sp³-hybridized carbons (Fsp3) is 0.250. The zero-order valence-electron chi connectivity index (χ0n) is 9.37. The number of nitrogens with two attached hydrogens (primary N) is 1. The molecule has 0 fully saturated rings. The van der Waals surface area contributed by atoms with Gasteiger partial charge in [-0.3, -0.25) is 0 Å². The first-order valence-electron chi connectivity index (χ1n) is 5.10. The van der Waals surface area contributed by atoms with Crippen molar-refractivity contribution in [1.29, 1.82) is 0 Å². The molecule has 0 aliphatic heterocycles. The first-order chi connectivity index (χ1) is 7.58. The Bertz CT molecular complexity index is 517. The van der Waals surface area contributed by atoms with Crippen molar-refractivity contribution in [2.45, 2.75) is 13.3 Å². The molecule has 0 atom stereocenters. The second-order valence-electron chi connectivity index (χ2n) is 3.87. The van der Waals surface area contributed by atoms with Gasteiger partial charge in [0.15, 0.2) is 5.95 Å². The Morgan fingerprint density at radius 1 is 1.44 bits per heavy atom. The molecule has 0 saturated carbocycles. The Kier molecular flexibility index (Phi) is 2.88. The Labute approximate surface area is 99.9 Å². The standard InChI is InChI=1S/C12H14ClN3/c1-8-11(16(2)12(14)15-8)7-9-4-3-5-10(13)6-9/h3-6H,7H2,1-2H3,(H2,14,15). The van der Waals surface area contributed by atoms with Crippen LogP contribution in [0.3, 0.4) is 0 Å². The maximum atomic E-state index is 5.95. The van der Waals surface area contributed by atoms with Crippen LogP contribution in [0.2, 0.25) is 5.02 Å². The van der Waals surface area contributed by atoms with Crippen molar-refractivity contribution >= 4 is 17.5 Å². The number of hydrogen-bond donors (Lipinski definition) is 1. The van der Waals surface area contributed by atoms with E-state index >= 15 is 0 Å². The zero-order valence-corrected chi connectivity index (χ0v) is 10.1. The van der Waals surface area contributed by atoms with E-state index in [9.17, 15) is 0 Å². The van der Waals surface area contributed by atoms with Gasteiger partial charge in [-0.2, -0.15) is 0 Å². The topological polar surface area (TPSA) is 43.8 Å². The van der Waals surface area contributed by atoms with Crippen molar-refractivity contribution in [3.05, 3.63) is 46.2 Å². The fourth-order valence-corrected chi connectivity index (χ4v) is 1.99. The summed E-state index contributed by atoms with van der Waals surface area (Å²) in [6.07, 6.45) is 0.799. The minimum Gasteiger partial charge on any atom is -0.369 e. The van der Waals surface area contributed by atoms with Crippen LogP contribution in [0.1, 0.15) is 17.0 Å². The average Bonchev–Trinajstić information content (AvgIpc) is 2.45. The molecular weight excluding hydrogens is 222 g/mol. The number of aromatic nitrogens is 2. The van der Waals surface area contributed by atoms with Gasteiger partial charge in [0.2, 0.25) is 0 Å². The number of anilines is 1. The fourth-order valence-electron chi connectivity index (χ4n) is 1.78. The quantitative estimate of drug-likeness (QED) is 0.870. The van der Waals surface area contributed by atoms with Crippen LogP contribution < -0.4 is 5.73 Å². The molecule has 2 N–H and O–H groups in total. The van der Waals surface area contributed by atoms with Crippen molar-refractivity contribution in [2.75, 3.05) is 5.73 Å². The van der Waals surface area contributed by atoms with Crippen LogP contribution in [0.25, 0.3) is 0 Å². The van der Waals surface area contributed by atoms with E-state index in [4.69, 9.17) is 17.3 Å². The van der Waals surface area contributed by atoms with Gasteiger partial charge in [-0.05, 0) is 24.6 Å². The SMILES string of the molecule is Cc1nc(N)n(C)c1Cc1cccc(Cl)c1. The molecule has 0 aliphatic rings. The molecule has 0 saturated heterocycles. The van der Waals surface area contributed by atoms with Crippen molar-refractivity contribution in [3.8, 4) is 0 Å². The molecule has 0 amide bonds. The maximum Gasteiger partial charge on any atom is 0.200 e. The number of halogens is 1. The highest BCUT2D eigenvalue weighted by atomic mass is 35.5. The highest BCUT2D eigenvalue weighted by molar-refractivity contribution is 6.30. The largest absolute Gasteiger partial charge is 0.369 e. The molecular formula is C12H14ClN3. The third kappa shape index (κ3) is 2.04. The number of imidazole rings is 1. The van der Waals surface area contributed by atoms with Crippen molar-refractivity contribution in [1.82, 2.24) is 9.55 Å². The van der Waals surface area contributed by atoms with Gasteiger partial charge in [0, 0.05) is 24.2 Å². The minimum absolute atomic E-state index is 0.550. The van der Waals surface area contributed by atoms with Crippen molar-refractivity contribution in [2.24, 2.45) is 7.05 Å². The van der Waals surface area contributed by atoms with E-state index in [1.54, 1.807) is 0 Å². The first kappa shape index (κ1) is 11.0. The molecule has 0 spiro atoms. The number of benzene rings is 1. The van der Waals surface area contributed by atoms with Crippen LogP contribution in [0, 0.1) is 6.92 Å². The Morgan fingerprint density at radius 3 is 2.75 bits per heavy atom. The summed E-state index contributed by atoms with van der Waals surface area (Å²) in [5.41, 5.74) is 9.01. The monoisotopic (exact) mass is 235 g/mol. The Morgan fingerprint density at radius 2 is 2.19 bits per heavy atom. The molecule has 84 valence electrons. The first-order valence-corrected chi connectivity index (χ1v) is 5.48. The smallest absolute Gasteiger partial charge is 0.200 e. The summed E-state index contributed by atoms with van der Waals surface area (Å²) in [7, 11) is 1.93. The lowest BCUT2D eigenvalue weighted by Gasteiger charge is -2.05. The number of aryl methyl sites for hydroxylation is 1. The van der Waals surface area contributed by atoms with Gasteiger partial charge in [-0.1, -0.05) is 23.7 Å². The molecule has 1 aromatic heterocycles. The third-order valence-electron chi connectivity index (χ3n) is 2.71. The Hall–Kier alpha value is -1.48. The van der Waals surface area contributed by atoms with Gasteiger partial charge < -0.3 is 10.3 Å². The lowest BCUT2D eigenvalue weighted by atomic mass is 10.1. The summed E-state index contributed by atoms with van der Waals surface area (Å²) < 4.78 is 1.91. The summed E-state index contributed by atoms with van der Waals surface area (Å²) in [6, 6.07) is 7.83. The van der Waals surface area contributed by atoms with Gasteiger partial charge in [0.05, 0.1) is 5.69 Å². The van der Waals surface area contributed by atoms with Crippen LogP contribution in [-0.4, -0.2) is 9.55 Å². The summed E-state index contributed by atoms with van der Waals surface area (Å²) in [6.45, 7) is 1.97. The van der Waals surface area contributed by atoms with Crippen molar-refractivity contribution in [3.63, 3.8) is 0 Å². The Balaban J connectivity index is 2.34. The van der Waals surface area contributed by atoms with Crippen molar-refractivity contribution < 1.29 is 0 Å². The molecule has 3 nitrogen and oxygen atoms in total. The van der Waals surface area contributed by atoms with E-state index in [0.717, 1.165) is 22.8 Å². The molecule has 0 aliphatic carbocycles. The van der Waals surface area contributed by atoms with Crippen LogP contribution in [-0.2, 0) is 13.5 Å². The van der Waals surface area contributed by atoms with E-state index in [1.807, 2.05) is 36.7 Å². The number of nitrogen functional groups attached to an aromatic ring is 1. The second kappa shape index (κ2) is 4.18. The third-order valence-corrected chi connectivity index (χ3v) is 2.94. The van der Waals surface area contributed by atoms with Crippen LogP contribution in [0.4, 0.5) is 5.95 Å². The number of nitrogens with zero attached hydrogens (tertiary/aromatic N) is 2.